The van der Waals surface area contributed by atoms with Crippen molar-refractivity contribution >= 4 is 11.7 Å². The van der Waals surface area contributed by atoms with E-state index in [0.29, 0.717) is 13.2 Å². The van der Waals surface area contributed by atoms with Crippen LogP contribution < -0.4 is 5.73 Å². The van der Waals surface area contributed by atoms with Crippen LogP contribution in [0.3, 0.4) is 0 Å². The lowest BCUT2D eigenvalue weighted by molar-refractivity contribution is -0.152. The molecule has 2 rings (SSSR count). The van der Waals surface area contributed by atoms with Crippen molar-refractivity contribution in [2.24, 2.45) is 22.7 Å². The van der Waals surface area contributed by atoms with Gasteiger partial charge in [-0.15, -0.1) is 0 Å². The van der Waals surface area contributed by atoms with Gasteiger partial charge in [-0.2, -0.15) is 0 Å². The maximum absolute atomic E-state index is 12.8. The van der Waals surface area contributed by atoms with Crippen molar-refractivity contribution in [2.45, 2.75) is 51.7 Å². The minimum Gasteiger partial charge on any atom is -0.409 e. The Hall–Kier alpha value is -1.30. The van der Waals surface area contributed by atoms with Crippen molar-refractivity contribution in [3.8, 4) is 0 Å². The van der Waals surface area contributed by atoms with E-state index in [-0.39, 0.29) is 29.8 Å². The SMILES string of the molecule is CC(C)C(C(=O)N1CCOC2CCCCC21)C(N)=NO. The molecule has 3 unspecified atom stereocenters. The number of carbonyl (C=O) groups excluding carboxylic acids is 1. The topological polar surface area (TPSA) is 88.2 Å². The molecule has 0 spiro atoms. The fraction of sp³-hybridized carbons (Fsp3) is 0.857. The molecule has 0 aromatic heterocycles. The van der Waals surface area contributed by atoms with Crippen molar-refractivity contribution in [3.63, 3.8) is 0 Å². The van der Waals surface area contributed by atoms with Gasteiger partial charge < -0.3 is 20.6 Å². The third-order valence-corrected chi connectivity index (χ3v) is 4.38. The standard InChI is InChI=1S/C14H25N3O3/c1-9(2)12(13(15)16-19)14(18)17-7-8-20-11-6-4-3-5-10(11)17/h9-12,19H,3-8H2,1-2H3,(H2,15,16). The molecule has 1 aliphatic carbocycles. The van der Waals surface area contributed by atoms with Crippen LogP contribution in [0.4, 0.5) is 0 Å². The summed E-state index contributed by atoms with van der Waals surface area (Å²) in [6.07, 6.45) is 4.45. The third-order valence-electron chi connectivity index (χ3n) is 4.38. The summed E-state index contributed by atoms with van der Waals surface area (Å²) >= 11 is 0. The number of hydrogen-bond donors (Lipinski definition) is 2. The maximum atomic E-state index is 12.8. The number of amides is 1. The number of oxime groups is 1. The minimum atomic E-state index is -0.555. The lowest BCUT2D eigenvalue weighted by Gasteiger charge is -2.45. The monoisotopic (exact) mass is 283 g/mol. The second-order valence-corrected chi connectivity index (χ2v) is 6.04. The van der Waals surface area contributed by atoms with Gasteiger partial charge in [0.05, 0.1) is 18.8 Å². The quantitative estimate of drug-likeness (QED) is 0.352. The average molecular weight is 283 g/mol. The summed E-state index contributed by atoms with van der Waals surface area (Å²) in [5.74, 6) is -0.580. The van der Waals surface area contributed by atoms with Crippen LogP contribution in [0.25, 0.3) is 0 Å². The molecule has 6 nitrogen and oxygen atoms in total. The molecule has 6 heteroatoms. The zero-order valence-corrected chi connectivity index (χ0v) is 12.3. The minimum absolute atomic E-state index is 0.00304. The summed E-state index contributed by atoms with van der Waals surface area (Å²) in [5, 5.41) is 11.9. The van der Waals surface area contributed by atoms with Gasteiger partial charge in [0.2, 0.25) is 5.91 Å². The zero-order chi connectivity index (χ0) is 14.7. The van der Waals surface area contributed by atoms with Crippen molar-refractivity contribution in [3.05, 3.63) is 0 Å². The molecule has 1 saturated heterocycles. The number of hydrogen-bond acceptors (Lipinski definition) is 4. The summed E-state index contributed by atoms with van der Waals surface area (Å²) in [4.78, 5) is 14.7. The van der Waals surface area contributed by atoms with E-state index >= 15 is 0 Å². The van der Waals surface area contributed by atoms with Gasteiger partial charge in [0.1, 0.15) is 5.92 Å². The maximum Gasteiger partial charge on any atom is 0.234 e. The van der Waals surface area contributed by atoms with E-state index in [1.807, 2.05) is 18.7 Å². The summed E-state index contributed by atoms with van der Waals surface area (Å²) in [5.41, 5.74) is 5.72. The molecule has 0 radical (unpaired) electrons. The van der Waals surface area contributed by atoms with E-state index in [4.69, 9.17) is 15.7 Å². The van der Waals surface area contributed by atoms with Crippen LogP contribution in [-0.2, 0) is 9.53 Å². The highest BCUT2D eigenvalue weighted by Gasteiger charge is 2.40. The molecule has 20 heavy (non-hydrogen) atoms. The van der Waals surface area contributed by atoms with Gasteiger partial charge in [-0.25, -0.2) is 0 Å². The highest BCUT2D eigenvalue weighted by Crippen LogP contribution is 2.30. The van der Waals surface area contributed by atoms with Crippen LogP contribution in [0.5, 0.6) is 0 Å². The number of carbonyl (C=O) groups is 1. The van der Waals surface area contributed by atoms with Gasteiger partial charge in [0.15, 0.2) is 5.84 Å². The van der Waals surface area contributed by atoms with Crippen molar-refractivity contribution < 1.29 is 14.7 Å². The van der Waals surface area contributed by atoms with Crippen LogP contribution in [0, 0.1) is 11.8 Å². The van der Waals surface area contributed by atoms with E-state index < -0.39 is 5.92 Å². The highest BCUT2D eigenvalue weighted by molar-refractivity contribution is 6.02. The molecule has 1 aliphatic heterocycles. The largest absolute Gasteiger partial charge is 0.409 e. The molecule has 1 amide bonds. The fourth-order valence-electron chi connectivity index (χ4n) is 3.36. The summed E-state index contributed by atoms with van der Waals surface area (Å²) < 4.78 is 5.78. The van der Waals surface area contributed by atoms with E-state index in [1.54, 1.807) is 0 Å². The summed E-state index contributed by atoms with van der Waals surface area (Å²) in [7, 11) is 0. The van der Waals surface area contributed by atoms with E-state index in [1.165, 1.54) is 0 Å². The van der Waals surface area contributed by atoms with E-state index in [0.717, 1.165) is 25.7 Å². The first kappa shape index (κ1) is 15.1. The van der Waals surface area contributed by atoms with E-state index in [2.05, 4.69) is 5.16 Å². The van der Waals surface area contributed by atoms with Crippen molar-refractivity contribution in [1.82, 2.24) is 4.90 Å². The smallest absolute Gasteiger partial charge is 0.234 e. The van der Waals surface area contributed by atoms with Gasteiger partial charge in [0.25, 0.3) is 0 Å². The van der Waals surface area contributed by atoms with Gasteiger partial charge in [-0.1, -0.05) is 31.8 Å². The molecule has 2 fully saturated rings. The second kappa shape index (κ2) is 6.43. The van der Waals surface area contributed by atoms with Crippen molar-refractivity contribution in [2.75, 3.05) is 13.2 Å². The second-order valence-electron chi connectivity index (χ2n) is 6.04. The molecule has 114 valence electrons. The van der Waals surface area contributed by atoms with Crippen LogP contribution in [0.15, 0.2) is 5.16 Å². The average Bonchev–Trinajstić information content (AvgIpc) is 2.46. The fourth-order valence-corrected chi connectivity index (χ4v) is 3.36. The third kappa shape index (κ3) is 2.90. The van der Waals surface area contributed by atoms with Crippen LogP contribution in [0.2, 0.25) is 0 Å². The molecule has 1 saturated carbocycles. The number of amidine groups is 1. The molecular formula is C14H25N3O3. The number of rotatable bonds is 3. The Bertz CT molecular complexity index is 382. The Balaban J connectivity index is 2.17. The molecule has 3 atom stereocenters. The molecule has 0 bridgehead atoms. The summed E-state index contributed by atoms with van der Waals surface area (Å²) in [6, 6.07) is 0.151. The normalized spacial score (nSPS) is 29.1. The predicted octanol–water partition coefficient (Wildman–Crippen LogP) is 1.17. The Labute approximate surface area is 119 Å². The molecule has 0 aromatic rings. The Morgan fingerprint density at radius 3 is 2.75 bits per heavy atom. The number of fused-ring (bicyclic) bond motifs is 1. The Morgan fingerprint density at radius 2 is 2.10 bits per heavy atom. The Morgan fingerprint density at radius 1 is 1.40 bits per heavy atom. The van der Waals surface area contributed by atoms with Crippen LogP contribution in [-0.4, -0.2) is 47.1 Å². The lowest BCUT2D eigenvalue weighted by Crippen LogP contribution is -2.58. The van der Waals surface area contributed by atoms with Crippen molar-refractivity contribution in [1.29, 1.82) is 0 Å². The number of nitrogens with two attached hydrogens (primary N) is 1. The van der Waals surface area contributed by atoms with Gasteiger partial charge >= 0.3 is 0 Å². The van der Waals surface area contributed by atoms with Gasteiger partial charge in [-0.3, -0.25) is 4.79 Å². The number of ether oxygens (including phenoxy) is 1. The molecule has 3 N–H and O–H groups in total. The van der Waals surface area contributed by atoms with Gasteiger partial charge in [0, 0.05) is 6.54 Å². The Kier molecular flexibility index (Phi) is 4.86. The number of morpholine rings is 1. The molecule has 0 aromatic carbocycles. The molecule has 2 aliphatic rings. The van der Waals surface area contributed by atoms with Gasteiger partial charge in [-0.05, 0) is 18.8 Å². The van der Waals surface area contributed by atoms with Crippen LogP contribution >= 0.6 is 0 Å². The molecular weight excluding hydrogens is 258 g/mol. The first-order valence-electron chi connectivity index (χ1n) is 7.45. The van der Waals surface area contributed by atoms with E-state index in [9.17, 15) is 4.79 Å². The van der Waals surface area contributed by atoms with Crippen LogP contribution in [0.1, 0.15) is 39.5 Å². The number of nitrogens with zero attached hydrogens (tertiary/aromatic N) is 2. The lowest BCUT2D eigenvalue weighted by atomic mass is 9.87. The molecule has 1 heterocycles. The predicted molar refractivity (Wildman–Crippen MR) is 75.4 cm³/mol. The first-order valence-corrected chi connectivity index (χ1v) is 7.45. The first-order chi connectivity index (χ1) is 9.56. The highest BCUT2D eigenvalue weighted by atomic mass is 16.5. The zero-order valence-electron chi connectivity index (χ0n) is 12.3. The summed E-state index contributed by atoms with van der Waals surface area (Å²) in [6.45, 7) is 5.01.